The quantitative estimate of drug-likeness (QED) is 0.242. The predicted octanol–water partition coefficient (Wildman–Crippen LogP) is 5.76. The van der Waals surface area contributed by atoms with Gasteiger partial charge in [-0.15, -0.1) is 0 Å². The van der Waals surface area contributed by atoms with Crippen LogP contribution in [0.3, 0.4) is 0 Å². The minimum absolute atomic E-state index is 0.0382. The molecule has 188 valence electrons. The van der Waals surface area contributed by atoms with Crippen molar-refractivity contribution in [2.75, 3.05) is 11.5 Å². The number of aliphatic hydroxyl groups is 1. The minimum Gasteiger partial charge on any atom is -0.507 e. The highest BCUT2D eigenvalue weighted by atomic mass is 16.5. The van der Waals surface area contributed by atoms with Crippen molar-refractivity contribution >= 4 is 23.1 Å². The van der Waals surface area contributed by atoms with Crippen molar-refractivity contribution in [1.82, 2.24) is 0 Å². The average Bonchev–Trinajstić information content (AvgIpc) is 3.17. The van der Waals surface area contributed by atoms with Crippen molar-refractivity contribution < 1.29 is 24.2 Å². The van der Waals surface area contributed by atoms with Gasteiger partial charge in [-0.25, -0.2) is 0 Å². The number of hydrogen-bond donors (Lipinski definition) is 1. The Kier molecular flexibility index (Phi) is 7.59. The molecule has 0 aromatic heterocycles. The number of aliphatic hydroxyl groups excluding tert-OH is 1. The van der Waals surface area contributed by atoms with Crippen LogP contribution in [0.15, 0.2) is 78.4 Å². The van der Waals surface area contributed by atoms with E-state index in [-0.39, 0.29) is 17.4 Å². The van der Waals surface area contributed by atoms with Crippen LogP contribution in [0.25, 0.3) is 5.76 Å². The van der Waals surface area contributed by atoms with Crippen molar-refractivity contribution in [3.63, 3.8) is 0 Å². The first-order chi connectivity index (χ1) is 17.8. The van der Waals surface area contributed by atoms with Crippen molar-refractivity contribution in [1.29, 1.82) is 5.26 Å². The van der Waals surface area contributed by atoms with Crippen molar-refractivity contribution in [3.05, 3.63) is 95.1 Å². The van der Waals surface area contributed by atoms with E-state index in [1.165, 1.54) is 4.90 Å². The van der Waals surface area contributed by atoms with Crippen LogP contribution in [-0.2, 0) is 9.59 Å². The summed E-state index contributed by atoms with van der Waals surface area (Å²) in [6, 6.07) is 21.5. The van der Waals surface area contributed by atoms with Crippen LogP contribution < -0.4 is 14.4 Å². The summed E-state index contributed by atoms with van der Waals surface area (Å²) >= 11 is 0. The highest BCUT2D eigenvalue weighted by molar-refractivity contribution is 6.51. The fourth-order valence-electron chi connectivity index (χ4n) is 4.25. The number of amides is 1. The smallest absolute Gasteiger partial charge is 0.300 e. The summed E-state index contributed by atoms with van der Waals surface area (Å²) in [6.45, 7) is 6.31. The maximum atomic E-state index is 13.4. The summed E-state index contributed by atoms with van der Waals surface area (Å²) in [5.41, 5.74) is 1.78. The van der Waals surface area contributed by atoms with Crippen LogP contribution in [0.1, 0.15) is 49.9 Å². The third-order valence-electron chi connectivity index (χ3n) is 5.84. The molecule has 0 saturated carbocycles. The number of rotatable bonds is 8. The highest BCUT2D eigenvalue weighted by Gasteiger charge is 2.47. The first-order valence-electron chi connectivity index (χ1n) is 12.1. The number of ether oxygens (including phenoxy) is 2. The van der Waals surface area contributed by atoms with Gasteiger partial charge in [-0.3, -0.25) is 14.5 Å². The number of nitriles is 1. The standard InChI is InChI=1S/C30H28N2O5/c1-4-15-36-24-9-6-8-22(17-24)28(33)26-27(21-7-5-10-25(16-21)37-19(2)3)32(30(35)29(26)34)23-13-11-20(18-31)12-14-23/h5-14,16-17,19,27,33H,4,15H2,1-3H3/b28-26-. The molecule has 37 heavy (non-hydrogen) atoms. The van der Waals surface area contributed by atoms with Gasteiger partial charge in [-0.2, -0.15) is 5.26 Å². The second-order valence-electron chi connectivity index (χ2n) is 8.94. The summed E-state index contributed by atoms with van der Waals surface area (Å²) in [5.74, 6) is -0.743. The number of ketones is 1. The van der Waals surface area contributed by atoms with E-state index >= 15 is 0 Å². The van der Waals surface area contributed by atoms with Crippen LogP contribution in [0.4, 0.5) is 5.69 Å². The van der Waals surface area contributed by atoms with Gasteiger partial charge < -0.3 is 14.6 Å². The third-order valence-corrected chi connectivity index (χ3v) is 5.84. The summed E-state index contributed by atoms with van der Waals surface area (Å²) in [5, 5.41) is 20.6. The fraction of sp³-hybridized carbons (Fsp3) is 0.233. The van der Waals surface area contributed by atoms with Crippen LogP contribution in [0, 0.1) is 11.3 Å². The van der Waals surface area contributed by atoms with Gasteiger partial charge in [0.05, 0.1) is 36.0 Å². The lowest BCUT2D eigenvalue weighted by atomic mass is 9.95. The summed E-state index contributed by atoms with van der Waals surface area (Å²) < 4.78 is 11.5. The third kappa shape index (κ3) is 5.34. The molecule has 0 radical (unpaired) electrons. The molecule has 1 saturated heterocycles. The molecule has 1 aliphatic heterocycles. The number of benzene rings is 3. The Hall–Kier alpha value is -4.57. The van der Waals surface area contributed by atoms with E-state index in [0.29, 0.717) is 40.5 Å². The number of carbonyl (C=O) groups excluding carboxylic acids is 2. The first-order valence-corrected chi connectivity index (χ1v) is 12.1. The second-order valence-corrected chi connectivity index (χ2v) is 8.94. The van der Waals surface area contributed by atoms with Crippen molar-refractivity contribution in [2.45, 2.75) is 39.3 Å². The second kappa shape index (κ2) is 11.0. The largest absolute Gasteiger partial charge is 0.507 e. The number of hydrogen-bond acceptors (Lipinski definition) is 6. The molecule has 1 unspecified atom stereocenters. The summed E-state index contributed by atoms with van der Waals surface area (Å²) in [6.07, 6.45) is 0.742. The Morgan fingerprint density at radius 3 is 2.41 bits per heavy atom. The van der Waals surface area contributed by atoms with Crippen LogP contribution in [0.5, 0.6) is 11.5 Å². The zero-order valence-electron chi connectivity index (χ0n) is 21.0. The van der Waals surface area contributed by atoms with Crippen molar-refractivity contribution in [3.8, 4) is 17.6 Å². The van der Waals surface area contributed by atoms with Gasteiger partial charge in [-0.05, 0) is 74.4 Å². The Bertz CT molecular complexity index is 1390. The monoisotopic (exact) mass is 496 g/mol. The maximum absolute atomic E-state index is 13.4. The van der Waals surface area contributed by atoms with Gasteiger partial charge in [0.15, 0.2) is 0 Å². The Morgan fingerprint density at radius 2 is 1.73 bits per heavy atom. The van der Waals surface area contributed by atoms with Gasteiger partial charge in [-0.1, -0.05) is 31.2 Å². The zero-order chi connectivity index (χ0) is 26.5. The molecular weight excluding hydrogens is 468 g/mol. The summed E-state index contributed by atoms with van der Waals surface area (Å²) in [4.78, 5) is 28.1. The fourth-order valence-corrected chi connectivity index (χ4v) is 4.25. The van der Waals surface area contributed by atoms with Crippen LogP contribution in [-0.4, -0.2) is 29.5 Å². The summed E-state index contributed by atoms with van der Waals surface area (Å²) in [7, 11) is 0. The Labute approximate surface area is 216 Å². The molecule has 0 spiro atoms. The molecule has 1 fully saturated rings. The molecule has 1 amide bonds. The number of carbonyl (C=O) groups is 2. The van der Waals surface area contributed by atoms with Gasteiger partial charge >= 0.3 is 0 Å². The van der Waals surface area contributed by atoms with E-state index in [4.69, 9.17) is 9.47 Å². The minimum atomic E-state index is -0.913. The molecule has 0 bridgehead atoms. The van der Waals surface area contributed by atoms with Gasteiger partial charge in [0.2, 0.25) is 0 Å². The molecule has 3 aromatic rings. The van der Waals surface area contributed by atoms with Gasteiger partial charge in [0.1, 0.15) is 17.3 Å². The SMILES string of the molecule is CCCOc1cccc(/C(O)=C2/C(=O)C(=O)N(c3ccc(C#N)cc3)C2c2cccc(OC(C)C)c2)c1. The highest BCUT2D eigenvalue weighted by Crippen LogP contribution is 2.43. The first kappa shape index (κ1) is 25.5. The Morgan fingerprint density at radius 1 is 1.03 bits per heavy atom. The Balaban J connectivity index is 1.89. The predicted molar refractivity (Wildman–Crippen MR) is 140 cm³/mol. The van der Waals surface area contributed by atoms with Gasteiger partial charge in [0.25, 0.3) is 11.7 Å². The zero-order valence-corrected chi connectivity index (χ0v) is 21.0. The van der Waals surface area contributed by atoms with Crippen LogP contribution >= 0.6 is 0 Å². The topological polar surface area (TPSA) is 99.9 Å². The maximum Gasteiger partial charge on any atom is 0.300 e. The van der Waals surface area contributed by atoms with E-state index in [9.17, 15) is 20.0 Å². The number of nitrogens with zero attached hydrogens (tertiary/aromatic N) is 2. The lowest BCUT2D eigenvalue weighted by molar-refractivity contribution is -0.132. The molecule has 7 nitrogen and oxygen atoms in total. The average molecular weight is 497 g/mol. The van der Waals surface area contributed by atoms with Crippen LogP contribution in [0.2, 0.25) is 0 Å². The molecule has 1 aliphatic rings. The molecule has 7 heteroatoms. The molecule has 3 aromatic carbocycles. The van der Waals surface area contributed by atoms with E-state index in [2.05, 4.69) is 6.07 Å². The van der Waals surface area contributed by atoms with Crippen molar-refractivity contribution in [2.24, 2.45) is 0 Å². The number of anilines is 1. The molecule has 1 N–H and O–H groups in total. The molecule has 4 rings (SSSR count). The lowest BCUT2D eigenvalue weighted by Gasteiger charge is -2.26. The number of Topliss-reactive ketones (excluding diaryl/α,β-unsaturated/α-hetero) is 1. The lowest BCUT2D eigenvalue weighted by Crippen LogP contribution is -2.29. The molecule has 0 aliphatic carbocycles. The van der Waals surface area contributed by atoms with E-state index in [1.807, 2.05) is 20.8 Å². The van der Waals surface area contributed by atoms with E-state index in [0.717, 1.165) is 6.42 Å². The van der Waals surface area contributed by atoms with Gasteiger partial charge in [0, 0.05) is 11.3 Å². The normalized spacial score (nSPS) is 16.6. The van der Waals surface area contributed by atoms with E-state index < -0.39 is 17.7 Å². The molecular formula is C30H28N2O5. The molecule has 1 heterocycles. The molecule has 1 atom stereocenters. The van der Waals surface area contributed by atoms with E-state index in [1.54, 1.807) is 72.8 Å².